The van der Waals surface area contributed by atoms with Gasteiger partial charge in [0.1, 0.15) is 5.84 Å². The molecule has 2 aromatic rings. The van der Waals surface area contributed by atoms with Gasteiger partial charge in [-0.2, -0.15) is 0 Å². The molecule has 3 rings (SSSR count). The van der Waals surface area contributed by atoms with Gasteiger partial charge in [0.2, 0.25) is 0 Å². The van der Waals surface area contributed by atoms with Crippen LogP contribution in [0.15, 0.2) is 53.5 Å². The topological polar surface area (TPSA) is 76.8 Å². The van der Waals surface area contributed by atoms with Gasteiger partial charge in [0.15, 0.2) is 0 Å². The summed E-state index contributed by atoms with van der Waals surface area (Å²) in [5, 5.41) is 14.3. The SMILES string of the molecule is O=[N+]([O-])c1ccccc1COCc1ccc(C2=NCCCN2)cc1. The van der Waals surface area contributed by atoms with E-state index in [1.807, 2.05) is 24.3 Å². The number of nitro benzene ring substituents is 1. The fraction of sp³-hybridized carbons (Fsp3) is 0.278. The normalized spacial score (nSPS) is 13.9. The molecule has 2 aromatic carbocycles. The van der Waals surface area contributed by atoms with E-state index >= 15 is 0 Å². The molecule has 6 heteroatoms. The van der Waals surface area contributed by atoms with E-state index < -0.39 is 0 Å². The van der Waals surface area contributed by atoms with Gasteiger partial charge in [0.05, 0.1) is 23.7 Å². The molecule has 1 aliphatic rings. The van der Waals surface area contributed by atoms with Crippen molar-refractivity contribution in [2.45, 2.75) is 19.6 Å². The van der Waals surface area contributed by atoms with Crippen LogP contribution in [0.5, 0.6) is 0 Å². The number of para-hydroxylation sites is 1. The summed E-state index contributed by atoms with van der Waals surface area (Å²) < 4.78 is 5.63. The number of nitrogens with one attached hydrogen (secondary N) is 1. The van der Waals surface area contributed by atoms with Crippen molar-refractivity contribution >= 4 is 11.5 Å². The molecule has 0 fully saturated rings. The maximum absolute atomic E-state index is 11.0. The van der Waals surface area contributed by atoms with Gasteiger partial charge >= 0.3 is 0 Å². The molecule has 6 nitrogen and oxygen atoms in total. The Hall–Kier alpha value is -2.73. The lowest BCUT2D eigenvalue weighted by Gasteiger charge is -2.14. The minimum absolute atomic E-state index is 0.0919. The number of aliphatic imine (C=N–C) groups is 1. The third-order valence-electron chi connectivity index (χ3n) is 3.84. The fourth-order valence-electron chi connectivity index (χ4n) is 2.57. The van der Waals surface area contributed by atoms with Gasteiger partial charge < -0.3 is 10.1 Å². The first-order valence-electron chi connectivity index (χ1n) is 7.92. The number of benzene rings is 2. The minimum Gasteiger partial charge on any atom is -0.372 e. The molecule has 0 saturated heterocycles. The van der Waals surface area contributed by atoms with Gasteiger partial charge in [-0.15, -0.1) is 0 Å². The third-order valence-corrected chi connectivity index (χ3v) is 3.84. The van der Waals surface area contributed by atoms with E-state index in [1.165, 1.54) is 6.07 Å². The van der Waals surface area contributed by atoms with Gasteiger partial charge in [0.25, 0.3) is 5.69 Å². The molecule has 0 amide bonds. The van der Waals surface area contributed by atoms with E-state index in [-0.39, 0.29) is 17.2 Å². The van der Waals surface area contributed by atoms with Crippen molar-refractivity contribution in [2.75, 3.05) is 13.1 Å². The minimum atomic E-state index is -0.384. The summed E-state index contributed by atoms with van der Waals surface area (Å²) in [5.41, 5.74) is 2.76. The summed E-state index contributed by atoms with van der Waals surface area (Å²) in [7, 11) is 0. The monoisotopic (exact) mass is 325 g/mol. The van der Waals surface area contributed by atoms with E-state index in [1.54, 1.807) is 18.2 Å². The largest absolute Gasteiger partial charge is 0.372 e. The van der Waals surface area contributed by atoms with Crippen LogP contribution in [0.2, 0.25) is 0 Å². The highest BCUT2D eigenvalue weighted by Gasteiger charge is 2.12. The third kappa shape index (κ3) is 3.97. The van der Waals surface area contributed by atoms with E-state index in [9.17, 15) is 10.1 Å². The van der Waals surface area contributed by atoms with Gasteiger partial charge in [-0.3, -0.25) is 15.1 Å². The van der Waals surface area contributed by atoms with E-state index in [0.29, 0.717) is 12.2 Å². The molecular formula is C18H19N3O3. The number of ether oxygens (including phenoxy) is 1. The first kappa shape index (κ1) is 16.1. The zero-order valence-electron chi connectivity index (χ0n) is 13.3. The molecule has 0 saturated carbocycles. The highest BCUT2D eigenvalue weighted by atomic mass is 16.6. The Kier molecular flexibility index (Phi) is 5.18. The molecule has 124 valence electrons. The predicted octanol–water partition coefficient (Wildman–Crippen LogP) is 3.05. The summed E-state index contributed by atoms with van der Waals surface area (Å²) in [6.07, 6.45) is 1.07. The molecule has 0 bridgehead atoms. The molecule has 0 aromatic heterocycles. The van der Waals surface area contributed by atoms with Gasteiger partial charge in [-0.25, -0.2) is 0 Å². The molecule has 24 heavy (non-hydrogen) atoms. The Labute approximate surface area is 140 Å². The lowest BCUT2D eigenvalue weighted by Crippen LogP contribution is -2.30. The lowest BCUT2D eigenvalue weighted by atomic mass is 10.1. The number of nitrogens with zero attached hydrogens (tertiary/aromatic N) is 2. The fourth-order valence-corrected chi connectivity index (χ4v) is 2.57. The van der Waals surface area contributed by atoms with Gasteiger partial charge in [-0.1, -0.05) is 36.4 Å². The van der Waals surface area contributed by atoms with Crippen LogP contribution in [0, 0.1) is 10.1 Å². The summed E-state index contributed by atoms with van der Waals surface area (Å²) in [4.78, 5) is 15.1. The number of hydrogen-bond donors (Lipinski definition) is 1. The van der Waals surface area contributed by atoms with Crippen LogP contribution >= 0.6 is 0 Å². The van der Waals surface area contributed by atoms with Gasteiger partial charge in [0, 0.05) is 24.7 Å². The Bertz CT molecular complexity index is 741. The smallest absolute Gasteiger partial charge is 0.274 e. The van der Waals surface area contributed by atoms with E-state index in [2.05, 4.69) is 10.3 Å². The Morgan fingerprint density at radius 1 is 1.12 bits per heavy atom. The maximum Gasteiger partial charge on any atom is 0.274 e. The van der Waals surface area contributed by atoms with Crippen molar-refractivity contribution in [3.63, 3.8) is 0 Å². The molecule has 1 heterocycles. The second kappa shape index (κ2) is 7.70. The van der Waals surface area contributed by atoms with Gasteiger partial charge in [-0.05, 0) is 18.1 Å². The Morgan fingerprint density at radius 3 is 2.62 bits per heavy atom. The first-order chi connectivity index (χ1) is 11.7. The second-order valence-corrected chi connectivity index (χ2v) is 5.59. The Morgan fingerprint density at radius 2 is 1.92 bits per heavy atom. The average Bonchev–Trinajstić information content (AvgIpc) is 2.63. The van der Waals surface area contributed by atoms with Crippen molar-refractivity contribution in [1.29, 1.82) is 0 Å². The van der Waals surface area contributed by atoms with Crippen LogP contribution in [-0.2, 0) is 18.0 Å². The average molecular weight is 325 g/mol. The zero-order chi connectivity index (χ0) is 16.8. The van der Waals surface area contributed by atoms with Crippen LogP contribution in [-0.4, -0.2) is 23.8 Å². The highest BCUT2D eigenvalue weighted by molar-refractivity contribution is 5.99. The van der Waals surface area contributed by atoms with Crippen LogP contribution in [0.25, 0.3) is 0 Å². The Balaban J connectivity index is 1.57. The van der Waals surface area contributed by atoms with Crippen LogP contribution in [0.4, 0.5) is 5.69 Å². The molecule has 1 aliphatic heterocycles. The standard InChI is InChI=1S/C18H19N3O3/c22-21(23)17-5-2-1-4-16(17)13-24-12-14-6-8-15(9-7-14)18-19-10-3-11-20-18/h1-2,4-9H,3,10-13H2,(H,19,20). The molecule has 0 spiro atoms. The summed E-state index contributed by atoms with van der Waals surface area (Å²) >= 11 is 0. The zero-order valence-corrected chi connectivity index (χ0v) is 13.3. The molecule has 0 unspecified atom stereocenters. The molecule has 0 aliphatic carbocycles. The lowest BCUT2D eigenvalue weighted by molar-refractivity contribution is -0.386. The summed E-state index contributed by atoms with van der Waals surface area (Å²) in [6.45, 7) is 2.45. The first-order valence-corrected chi connectivity index (χ1v) is 7.92. The van der Waals surface area contributed by atoms with Crippen LogP contribution in [0.3, 0.4) is 0 Å². The number of hydrogen-bond acceptors (Lipinski definition) is 5. The van der Waals surface area contributed by atoms with Crippen LogP contribution in [0.1, 0.15) is 23.1 Å². The highest BCUT2D eigenvalue weighted by Crippen LogP contribution is 2.19. The van der Waals surface area contributed by atoms with Crippen molar-refractivity contribution in [1.82, 2.24) is 5.32 Å². The van der Waals surface area contributed by atoms with Crippen molar-refractivity contribution in [3.05, 3.63) is 75.3 Å². The predicted molar refractivity (Wildman–Crippen MR) is 92.1 cm³/mol. The van der Waals surface area contributed by atoms with E-state index in [4.69, 9.17) is 4.74 Å². The van der Waals surface area contributed by atoms with Crippen LogP contribution < -0.4 is 5.32 Å². The van der Waals surface area contributed by atoms with E-state index in [0.717, 1.165) is 36.5 Å². The second-order valence-electron chi connectivity index (χ2n) is 5.59. The molecular weight excluding hydrogens is 306 g/mol. The quantitative estimate of drug-likeness (QED) is 0.654. The van der Waals surface area contributed by atoms with Crippen molar-refractivity contribution < 1.29 is 9.66 Å². The summed E-state index contributed by atoms with van der Waals surface area (Å²) in [5.74, 6) is 0.939. The number of nitro groups is 1. The number of rotatable bonds is 6. The van der Waals surface area contributed by atoms with Crippen molar-refractivity contribution in [3.8, 4) is 0 Å². The summed E-state index contributed by atoms with van der Waals surface area (Å²) in [6, 6.07) is 14.7. The maximum atomic E-state index is 11.0. The molecule has 1 N–H and O–H groups in total. The molecule has 0 atom stereocenters. The number of amidine groups is 1. The van der Waals surface area contributed by atoms with Crippen molar-refractivity contribution in [2.24, 2.45) is 4.99 Å². The molecule has 0 radical (unpaired) electrons.